The fourth-order valence-corrected chi connectivity index (χ4v) is 5.71. The second kappa shape index (κ2) is 13.2. The molecule has 6 nitrogen and oxygen atoms in total. The molecule has 0 bridgehead atoms. The smallest absolute Gasteiger partial charge is 0.382 e. The molecule has 9 heteroatoms. The fourth-order valence-electron chi connectivity index (χ4n) is 5.71. The number of anilines is 2. The SMILES string of the molecule is CC(C)(C)c1ccc(N2CCCN(CCCC(=O)N3CCC(Nc4ccc(C#N)c(C(F)(F)F)c4)CC3)CC2)cc1. The van der Waals surface area contributed by atoms with Gasteiger partial charge in [-0.2, -0.15) is 18.4 Å². The highest BCUT2D eigenvalue weighted by Crippen LogP contribution is 2.34. The van der Waals surface area contributed by atoms with E-state index in [1.807, 2.05) is 4.90 Å². The maximum atomic E-state index is 13.3. The number of amides is 1. The molecule has 0 radical (unpaired) electrons. The highest BCUT2D eigenvalue weighted by Gasteiger charge is 2.34. The molecule has 2 fully saturated rings. The molecule has 0 unspecified atom stereocenters. The summed E-state index contributed by atoms with van der Waals surface area (Å²) in [4.78, 5) is 19.6. The van der Waals surface area contributed by atoms with Crippen molar-refractivity contribution in [3.8, 4) is 6.07 Å². The normalized spacial score (nSPS) is 17.7. The molecule has 4 rings (SSSR count). The molecule has 0 aromatic heterocycles. The van der Waals surface area contributed by atoms with Crippen LogP contribution < -0.4 is 10.2 Å². The molecule has 1 N–H and O–H groups in total. The van der Waals surface area contributed by atoms with E-state index in [2.05, 4.69) is 60.2 Å². The molecular formula is C32H42F3N5O. The molecule has 2 aliphatic rings. The van der Waals surface area contributed by atoms with Crippen molar-refractivity contribution in [2.45, 2.75) is 70.5 Å². The second-order valence-electron chi connectivity index (χ2n) is 12.3. The third-order valence-electron chi connectivity index (χ3n) is 8.22. The van der Waals surface area contributed by atoms with Crippen molar-refractivity contribution in [1.29, 1.82) is 5.26 Å². The van der Waals surface area contributed by atoms with E-state index in [9.17, 15) is 18.0 Å². The van der Waals surface area contributed by atoms with Crippen LogP contribution in [0.15, 0.2) is 42.5 Å². The molecule has 222 valence electrons. The Hall–Kier alpha value is -3.25. The molecular weight excluding hydrogens is 527 g/mol. The highest BCUT2D eigenvalue weighted by molar-refractivity contribution is 5.76. The Morgan fingerprint density at radius 2 is 1.68 bits per heavy atom. The quantitative estimate of drug-likeness (QED) is 0.426. The maximum absolute atomic E-state index is 13.3. The average Bonchev–Trinajstić information content (AvgIpc) is 3.18. The number of nitrogens with one attached hydrogen (secondary N) is 1. The third-order valence-corrected chi connectivity index (χ3v) is 8.22. The van der Waals surface area contributed by atoms with Gasteiger partial charge in [0.25, 0.3) is 0 Å². The van der Waals surface area contributed by atoms with E-state index in [1.165, 1.54) is 23.4 Å². The Labute approximate surface area is 242 Å². The standard InChI is InChI=1S/C32H42F3N5O/c1-31(2,3)25-8-11-28(12-9-25)39-17-5-16-38(20-21-39)15-4-6-30(41)40-18-13-26(14-19-40)37-27-10-7-24(23-36)29(22-27)32(33,34)35/h7-12,22,26,37H,4-6,13-21H2,1-3H3. The van der Waals surface area contributed by atoms with Crippen LogP contribution in [-0.4, -0.2) is 67.6 Å². The number of carbonyl (C=O) groups is 1. The van der Waals surface area contributed by atoms with Crippen LogP contribution in [0.3, 0.4) is 0 Å². The van der Waals surface area contributed by atoms with Gasteiger partial charge in [0, 0.05) is 56.6 Å². The molecule has 41 heavy (non-hydrogen) atoms. The van der Waals surface area contributed by atoms with Crippen molar-refractivity contribution in [2.75, 3.05) is 56.0 Å². The van der Waals surface area contributed by atoms with Crippen molar-refractivity contribution < 1.29 is 18.0 Å². The van der Waals surface area contributed by atoms with Gasteiger partial charge in [0.2, 0.25) is 5.91 Å². The molecule has 0 spiro atoms. The van der Waals surface area contributed by atoms with E-state index in [1.54, 1.807) is 6.07 Å². The first-order valence-electron chi connectivity index (χ1n) is 14.7. The van der Waals surface area contributed by atoms with Crippen LogP contribution in [0.5, 0.6) is 0 Å². The van der Waals surface area contributed by atoms with Crippen molar-refractivity contribution in [1.82, 2.24) is 9.80 Å². The molecule has 2 heterocycles. The number of piperidine rings is 1. The fraction of sp³-hybridized carbons (Fsp3) is 0.562. The summed E-state index contributed by atoms with van der Waals surface area (Å²) < 4.78 is 39.8. The molecule has 0 atom stereocenters. The average molecular weight is 570 g/mol. The number of alkyl halides is 3. The lowest BCUT2D eigenvalue weighted by molar-refractivity contribution is -0.137. The van der Waals surface area contributed by atoms with E-state index >= 15 is 0 Å². The maximum Gasteiger partial charge on any atom is 0.417 e. The zero-order valence-electron chi connectivity index (χ0n) is 24.4. The zero-order chi connectivity index (χ0) is 29.6. The molecule has 2 aromatic rings. The predicted octanol–water partition coefficient (Wildman–Crippen LogP) is 6.27. The van der Waals surface area contributed by atoms with Crippen molar-refractivity contribution in [3.63, 3.8) is 0 Å². The van der Waals surface area contributed by atoms with Crippen LogP contribution in [0.2, 0.25) is 0 Å². The van der Waals surface area contributed by atoms with Crippen LogP contribution in [0, 0.1) is 11.3 Å². The molecule has 2 aromatic carbocycles. The van der Waals surface area contributed by atoms with E-state index in [0.29, 0.717) is 38.0 Å². The van der Waals surface area contributed by atoms with E-state index in [-0.39, 0.29) is 22.9 Å². The number of hydrogen-bond acceptors (Lipinski definition) is 5. The van der Waals surface area contributed by atoms with E-state index in [0.717, 1.165) is 51.6 Å². The van der Waals surface area contributed by atoms with Crippen LogP contribution >= 0.6 is 0 Å². The van der Waals surface area contributed by atoms with Gasteiger partial charge in [0.1, 0.15) is 0 Å². The van der Waals surface area contributed by atoms with Gasteiger partial charge in [-0.25, -0.2) is 0 Å². The summed E-state index contributed by atoms with van der Waals surface area (Å²) in [6, 6.07) is 14.2. The summed E-state index contributed by atoms with van der Waals surface area (Å²) in [5, 5.41) is 12.2. The van der Waals surface area contributed by atoms with E-state index in [4.69, 9.17) is 5.26 Å². The van der Waals surface area contributed by atoms with Gasteiger partial charge in [-0.1, -0.05) is 32.9 Å². The lowest BCUT2D eigenvalue weighted by Gasteiger charge is -2.33. The summed E-state index contributed by atoms with van der Waals surface area (Å²) in [5.74, 6) is 0.150. The summed E-state index contributed by atoms with van der Waals surface area (Å²) >= 11 is 0. The van der Waals surface area contributed by atoms with Gasteiger partial charge >= 0.3 is 6.18 Å². The summed E-state index contributed by atoms with van der Waals surface area (Å²) in [6.07, 6.45) is -0.805. The number of rotatable bonds is 7. The monoisotopic (exact) mass is 569 g/mol. The Morgan fingerprint density at radius 1 is 0.976 bits per heavy atom. The van der Waals surface area contributed by atoms with Crippen LogP contribution in [0.25, 0.3) is 0 Å². The molecule has 2 saturated heterocycles. The van der Waals surface area contributed by atoms with Gasteiger partial charge in [0.15, 0.2) is 0 Å². The second-order valence-corrected chi connectivity index (χ2v) is 12.3. The Kier molecular flexibility index (Phi) is 9.85. The molecule has 0 aliphatic carbocycles. The minimum atomic E-state index is -4.58. The van der Waals surface area contributed by atoms with Gasteiger partial charge in [-0.05, 0) is 80.1 Å². The lowest BCUT2D eigenvalue weighted by atomic mass is 9.87. The Morgan fingerprint density at radius 3 is 2.32 bits per heavy atom. The Balaban J connectivity index is 1.17. The number of benzene rings is 2. The molecule has 0 saturated carbocycles. The summed E-state index contributed by atoms with van der Waals surface area (Å²) in [6.45, 7) is 12.8. The topological polar surface area (TPSA) is 62.6 Å². The summed E-state index contributed by atoms with van der Waals surface area (Å²) in [7, 11) is 0. The Bertz CT molecular complexity index is 1210. The number of nitriles is 1. The van der Waals surface area contributed by atoms with Crippen LogP contribution in [0.1, 0.15) is 69.6 Å². The zero-order valence-corrected chi connectivity index (χ0v) is 24.4. The van der Waals surface area contributed by atoms with E-state index < -0.39 is 11.7 Å². The first kappa shape index (κ1) is 30.7. The first-order chi connectivity index (χ1) is 19.4. The third kappa shape index (κ3) is 8.38. The van der Waals surface area contributed by atoms with Gasteiger partial charge in [-0.15, -0.1) is 0 Å². The van der Waals surface area contributed by atoms with Gasteiger partial charge in [-0.3, -0.25) is 4.79 Å². The molecule has 2 aliphatic heterocycles. The highest BCUT2D eigenvalue weighted by atomic mass is 19.4. The van der Waals surface area contributed by atoms with Gasteiger partial charge in [0.05, 0.1) is 17.2 Å². The number of carbonyl (C=O) groups excluding carboxylic acids is 1. The van der Waals surface area contributed by atoms with Gasteiger partial charge < -0.3 is 20.0 Å². The molecule has 1 amide bonds. The largest absolute Gasteiger partial charge is 0.417 e. The number of nitrogens with zero attached hydrogens (tertiary/aromatic N) is 4. The number of hydrogen-bond donors (Lipinski definition) is 1. The lowest BCUT2D eigenvalue weighted by Crippen LogP contribution is -2.42. The minimum Gasteiger partial charge on any atom is -0.382 e. The van der Waals surface area contributed by atoms with Crippen molar-refractivity contribution in [2.24, 2.45) is 0 Å². The van der Waals surface area contributed by atoms with Crippen LogP contribution in [-0.2, 0) is 16.4 Å². The van der Waals surface area contributed by atoms with Crippen molar-refractivity contribution in [3.05, 3.63) is 59.2 Å². The number of likely N-dealkylation sites (tertiary alicyclic amines) is 1. The van der Waals surface area contributed by atoms with Crippen molar-refractivity contribution >= 4 is 17.3 Å². The summed E-state index contributed by atoms with van der Waals surface area (Å²) in [5.41, 5.74) is 1.80. The number of halogens is 3. The van der Waals surface area contributed by atoms with Crippen LogP contribution in [0.4, 0.5) is 24.5 Å². The minimum absolute atomic E-state index is 0.0159. The predicted molar refractivity (Wildman–Crippen MR) is 157 cm³/mol. The first-order valence-corrected chi connectivity index (χ1v) is 14.7.